The van der Waals surface area contributed by atoms with Gasteiger partial charge in [-0.25, -0.2) is 0 Å². The summed E-state index contributed by atoms with van der Waals surface area (Å²) in [6.07, 6.45) is 0.489. The highest BCUT2D eigenvalue weighted by molar-refractivity contribution is 5.76. The van der Waals surface area contributed by atoms with Crippen LogP contribution in [-0.2, 0) is 38.4 Å². The van der Waals surface area contributed by atoms with E-state index in [0.717, 1.165) is 0 Å². The third-order valence-corrected chi connectivity index (χ3v) is 7.14. The summed E-state index contributed by atoms with van der Waals surface area (Å²) in [5, 5.41) is 0. The van der Waals surface area contributed by atoms with E-state index in [0.29, 0.717) is 29.4 Å². The molecule has 4 rings (SSSR count). The van der Waals surface area contributed by atoms with Crippen LogP contribution in [0.4, 0.5) is 0 Å². The average Bonchev–Trinajstić information content (AvgIpc) is 3.19. The summed E-state index contributed by atoms with van der Waals surface area (Å²) in [5.41, 5.74) is 0. The predicted molar refractivity (Wildman–Crippen MR) is 223 cm³/mol. The molecule has 0 unspecified atom stereocenters. The maximum absolute atomic E-state index is 11.3. The van der Waals surface area contributed by atoms with E-state index in [2.05, 4.69) is 0 Å². The first-order valence-corrected chi connectivity index (χ1v) is 19.3. The van der Waals surface area contributed by atoms with Crippen LogP contribution in [0.2, 0.25) is 0 Å². The van der Waals surface area contributed by atoms with Gasteiger partial charge in [-0.1, -0.05) is 0 Å². The van der Waals surface area contributed by atoms with Crippen molar-refractivity contribution in [2.45, 2.75) is 61.8 Å². The quantitative estimate of drug-likeness (QED) is 0.0587. The lowest BCUT2D eigenvalue weighted by Crippen LogP contribution is -2.11. The van der Waals surface area contributed by atoms with Gasteiger partial charge in [0.05, 0.1) is 13.2 Å². The first kappa shape index (κ1) is 51.2. The van der Waals surface area contributed by atoms with Crippen molar-refractivity contribution in [3.63, 3.8) is 0 Å². The largest absolute Gasteiger partial charge is 0.493 e. The average molecular weight is 907 g/mol. The Morgan fingerprint density at radius 3 is 0.662 bits per heavy atom. The summed E-state index contributed by atoms with van der Waals surface area (Å²) in [4.78, 5) is 89.8. The molecule has 4 aromatic carbocycles. The third-order valence-electron chi connectivity index (χ3n) is 7.14. The number of hydrogen-bond donors (Lipinski definition) is 0. The Kier molecular flexibility index (Phi) is 20.2. The molecule has 4 aromatic rings. The molecular formula is C45H46O20. The number of benzene rings is 4. The monoisotopic (exact) mass is 906 g/mol. The van der Waals surface area contributed by atoms with Gasteiger partial charge in [-0.15, -0.1) is 0 Å². The molecule has 0 saturated carbocycles. The van der Waals surface area contributed by atoms with Crippen LogP contribution in [0.15, 0.2) is 72.8 Å². The van der Waals surface area contributed by atoms with Crippen molar-refractivity contribution in [3.05, 3.63) is 72.8 Å². The van der Waals surface area contributed by atoms with Crippen molar-refractivity contribution < 1.29 is 95.2 Å². The van der Waals surface area contributed by atoms with Crippen LogP contribution >= 0.6 is 0 Å². The van der Waals surface area contributed by atoms with E-state index >= 15 is 0 Å². The molecule has 346 valence electrons. The number of hydrogen-bond acceptors (Lipinski definition) is 20. The van der Waals surface area contributed by atoms with Gasteiger partial charge in [-0.05, 0) is 48.5 Å². The Morgan fingerprint density at radius 1 is 0.277 bits per heavy atom. The molecule has 0 saturated heterocycles. The molecule has 0 spiro atoms. The Hall–Kier alpha value is -8.16. The van der Waals surface area contributed by atoms with Crippen LogP contribution in [0.25, 0.3) is 0 Å². The maximum Gasteiger partial charge on any atom is 0.308 e. The normalized spacial score (nSPS) is 10.0. The first-order chi connectivity index (χ1) is 30.8. The van der Waals surface area contributed by atoms with Crippen LogP contribution in [0.1, 0.15) is 61.8 Å². The summed E-state index contributed by atoms with van der Waals surface area (Å²) >= 11 is 0. The number of carbonyl (C=O) groups is 8. The fourth-order valence-corrected chi connectivity index (χ4v) is 4.97. The second-order valence-corrected chi connectivity index (χ2v) is 12.9. The van der Waals surface area contributed by atoms with E-state index in [-0.39, 0.29) is 72.4 Å². The standard InChI is InChI=1S/C23H24O10.C22H22O10/c1-14(24)30-20-8-6-18(12-22(20)32-16(3)26)28-10-5-11-29-19-7-9-21(31-15(2)25)23(13-19)33-17(4)27;1-13(23)29-19-7-5-17(11-21(19)31-15(3)25)27-9-10-28-18-6-8-20(30-14(2)24)22(12-18)32-16(4)26/h6-9,12-13H,5,10-11H2,1-4H3;5-8,11-12H,9-10H2,1-4H3. The molecule has 0 fully saturated rings. The van der Waals surface area contributed by atoms with Crippen molar-refractivity contribution in [1.29, 1.82) is 0 Å². The topological polar surface area (TPSA) is 247 Å². The molecule has 0 atom stereocenters. The van der Waals surface area contributed by atoms with Gasteiger partial charge >= 0.3 is 47.8 Å². The van der Waals surface area contributed by atoms with Gasteiger partial charge in [-0.2, -0.15) is 0 Å². The van der Waals surface area contributed by atoms with E-state index < -0.39 is 47.8 Å². The summed E-state index contributed by atoms with van der Waals surface area (Å²) < 4.78 is 62.6. The highest BCUT2D eigenvalue weighted by Crippen LogP contribution is 2.35. The predicted octanol–water partition coefficient (Wildman–Crippen LogP) is 6.08. The van der Waals surface area contributed by atoms with Crippen molar-refractivity contribution in [2.75, 3.05) is 26.4 Å². The molecular weight excluding hydrogens is 860 g/mol. The van der Waals surface area contributed by atoms with Crippen LogP contribution in [0, 0.1) is 0 Å². The zero-order chi connectivity index (χ0) is 48.1. The Balaban J connectivity index is 0.000000345. The van der Waals surface area contributed by atoms with Crippen LogP contribution in [0.5, 0.6) is 69.0 Å². The molecule has 20 nitrogen and oxygen atoms in total. The zero-order valence-corrected chi connectivity index (χ0v) is 36.6. The highest BCUT2D eigenvalue weighted by Gasteiger charge is 2.16. The van der Waals surface area contributed by atoms with Crippen molar-refractivity contribution in [2.24, 2.45) is 0 Å². The van der Waals surface area contributed by atoms with Gasteiger partial charge in [0, 0.05) is 86.1 Å². The molecule has 65 heavy (non-hydrogen) atoms. The third kappa shape index (κ3) is 19.6. The van der Waals surface area contributed by atoms with Gasteiger partial charge in [0.2, 0.25) is 0 Å². The Morgan fingerprint density at radius 2 is 0.462 bits per heavy atom. The van der Waals surface area contributed by atoms with Crippen molar-refractivity contribution in [1.82, 2.24) is 0 Å². The maximum atomic E-state index is 11.3. The number of esters is 8. The van der Waals surface area contributed by atoms with E-state index in [4.69, 9.17) is 56.8 Å². The fourth-order valence-electron chi connectivity index (χ4n) is 4.97. The molecule has 0 amide bonds. The van der Waals surface area contributed by atoms with Gasteiger partial charge in [0.15, 0.2) is 46.0 Å². The lowest BCUT2D eigenvalue weighted by molar-refractivity contribution is -0.134. The summed E-state index contributed by atoms with van der Waals surface area (Å²) in [7, 11) is 0. The van der Waals surface area contributed by atoms with Gasteiger partial charge in [0.1, 0.15) is 36.2 Å². The van der Waals surface area contributed by atoms with Crippen molar-refractivity contribution in [3.8, 4) is 69.0 Å². The molecule has 0 aliphatic carbocycles. The van der Waals surface area contributed by atoms with Crippen LogP contribution in [0.3, 0.4) is 0 Å². The second kappa shape index (κ2) is 25.7. The van der Waals surface area contributed by atoms with Crippen LogP contribution < -0.4 is 56.8 Å². The molecule has 0 aliphatic heterocycles. The SMILES string of the molecule is CC(=O)Oc1ccc(OCCCOc2ccc(OC(C)=O)c(OC(C)=O)c2)cc1OC(C)=O.CC(=O)Oc1ccc(OCCOc2ccc(OC(C)=O)c(OC(C)=O)c2)cc1OC(C)=O. The molecule has 0 bridgehead atoms. The fraction of sp³-hybridized carbons (Fsp3) is 0.289. The number of rotatable bonds is 19. The number of ether oxygens (including phenoxy) is 12. The molecule has 20 heteroatoms. The van der Waals surface area contributed by atoms with Gasteiger partial charge in [0.25, 0.3) is 0 Å². The summed E-state index contributed by atoms with van der Waals surface area (Å²) in [6.45, 7) is 10.6. The second-order valence-electron chi connectivity index (χ2n) is 12.9. The minimum absolute atomic E-state index is 0.0400. The molecule has 0 aliphatic rings. The lowest BCUT2D eigenvalue weighted by Gasteiger charge is -2.13. The summed E-state index contributed by atoms with van der Waals surface area (Å²) in [6, 6.07) is 17.7. The van der Waals surface area contributed by atoms with E-state index in [1.165, 1.54) is 116 Å². The zero-order valence-electron chi connectivity index (χ0n) is 36.6. The molecule has 0 N–H and O–H groups in total. The van der Waals surface area contributed by atoms with E-state index in [1.807, 2.05) is 0 Å². The minimum atomic E-state index is -0.584. The van der Waals surface area contributed by atoms with Crippen molar-refractivity contribution >= 4 is 47.8 Å². The lowest BCUT2D eigenvalue weighted by atomic mass is 10.3. The van der Waals surface area contributed by atoms with Crippen LogP contribution in [-0.4, -0.2) is 74.2 Å². The minimum Gasteiger partial charge on any atom is -0.493 e. The summed E-state index contributed by atoms with van der Waals surface area (Å²) in [5.74, 6) is -2.41. The van der Waals surface area contributed by atoms with E-state index in [9.17, 15) is 38.4 Å². The molecule has 0 radical (unpaired) electrons. The van der Waals surface area contributed by atoms with Gasteiger partial charge in [-0.3, -0.25) is 38.4 Å². The first-order valence-electron chi connectivity index (χ1n) is 19.3. The van der Waals surface area contributed by atoms with E-state index in [1.54, 1.807) is 12.1 Å². The highest BCUT2D eigenvalue weighted by atomic mass is 16.6. The Bertz CT molecular complexity index is 2200. The Labute approximate surface area is 372 Å². The smallest absolute Gasteiger partial charge is 0.308 e. The molecule has 0 heterocycles. The van der Waals surface area contributed by atoms with Gasteiger partial charge < -0.3 is 56.8 Å². The number of carbonyl (C=O) groups excluding carboxylic acids is 8. The molecule has 0 aromatic heterocycles.